The van der Waals surface area contributed by atoms with Crippen LogP contribution in [0.3, 0.4) is 0 Å². The number of ether oxygens (including phenoxy) is 1. The molecule has 0 bridgehead atoms. The summed E-state index contributed by atoms with van der Waals surface area (Å²) < 4.78 is 8.87. The summed E-state index contributed by atoms with van der Waals surface area (Å²) in [6, 6.07) is 8.25. The van der Waals surface area contributed by atoms with Gasteiger partial charge >= 0.3 is 0 Å². The largest absolute Gasteiger partial charge is 0.481 e. The second-order valence-corrected chi connectivity index (χ2v) is 8.07. The van der Waals surface area contributed by atoms with Crippen LogP contribution < -0.4 is 4.74 Å². The topological polar surface area (TPSA) is 76.6 Å². The number of aromatic nitrogens is 6. The van der Waals surface area contributed by atoms with Gasteiger partial charge in [0.15, 0.2) is 0 Å². The van der Waals surface area contributed by atoms with Gasteiger partial charge in [0.05, 0.1) is 24.9 Å². The molecule has 1 saturated heterocycles. The summed E-state index contributed by atoms with van der Waals surface area (Å²) in [5, 5.41) is 13.3. The number of likely N-dealkylation sites (N-methyl/N-ethyl adjacent to an activating group) is 1. The average molecular weight is 419 g/mol. The highest BCUT2D eigenvalue weighted by molar-refractivity contribution is 5.66. The molecule has 4 aromatic rings. The van der Waals surface area contributed by atoms with Crippen molar-refractivity contribution in [3.63, 3.8) is 0 Å². The number of nitrogens with zero attached hydrogens (tertiary/aromatic N) is 8. The summed E-state index contributed by atoms with van der Waals surface area (Å²) in [6.45, 7) is 3.81. The van der Waals surface area contributed by atoms with Crippen molar-refractivity contribution in [2.24, 2.45) is 7.05 Å². The Morgan fingerprint density at radius 2 is 1.90 bits per heavy atom. The first-order valence-electron chi connectivity index (χ1n) is 10.4. The first-order chi connectivity index (χ1) is 15.1. The quantitative estimate of drug-likeness (QED) is 0.491. The smallest absolute Gasteiger partial charge is 0.212 e. The van der Waals surface area contributed by atoms with Gasteiger partial charge in [0.1, 0.15) is 5.69 Å². The maximum Gasteiger partial charge on any atom is 0.212 e. The fraction of sp³-hybridized carbons (Fsp3) is 0.364. The van der Waals surface area contributed by atoms with Crippen LogP contribution in [-0.4, -0.2) is 73.2 Å². The van der Waals surface area contributed by atoms with E-state index in [9.17, 15) is 0 Å². The van der Waals surface area contributed by atoms with E-state index in [0.29, 0.717) is 5.88 Å². The molecule has 4 aromatic heterocycles. The van der Waals surface area contributed by atoms with E-state index in [-0.39, 0.29) is 6.04 Å². The number of hydrogen-bond donors (Lipinski definition) is 0. The van der Waals surface area contributed by atoms with Crippen molar-refractivity contribution in [2.75, 3.05) is 33.8 Å². The van der Waals surface area contributed by atoms with Crippen molar-refractivity contribution in [3.05, 3.63) is 60.3 Å². The van der Waals surface area contributed by atoms with E-state index in [4.69, 9.17) is 4.74 Å². The van der Waals surface area contributed by atoms with E-state index < -0.39 is 0 Å². The molecule has 1 fully saturated rings. The zero-order chi connectivity index (χ0) is 21.4. The van der Waals surface area contributed by atoms with Gasteiger partial charge < -0.3 is 4.74 Å². The van der Waals surface area contributed by atoms with Gasteiger partial charge in [0.2, 0.25) is 5.88 Å². The molecule has 9 nitrogen and oxygen atoms in total. The number of aryl methyl sites for hydroxylation is 1. The van der Waals surface area contributed by atoms with Crippen molar-refractivity contribution in [1.29, 1.82) is 0 Å². The van der Waals surface area contributed by atoms with Crippen molar-refractivity contribution < 1.29 is 4.74 Å². The Bertz CT molecular complexity index is 1180. The van der Waals surface area contributed by atoms with Gasteiger partial charge in [0, 0.05) is 74.6 Å². The highest BCUT2D eigenvalue weighted by Gasteiger charge is 2.29. The van der Waals surface area contributed by atoms with Gasteiger partial charge in [0.25, 0.3) is 0 Å². The lowest BCUT2D eigenvalue weighted by atomic mass is 10.1. The fourth-order valence-corrected chi connectivity index (χ4v) is 4.17. The van der Waals surface area contributed by atoms with Crippen LogP contribution in [0.5, 0.6) is 5.88 Å². The van der Waals surface area contributed by atoms with Crippen LogP contribution >= 0.6 is 0 Å². The molecule has 5 rings (SSSR count). The number of pyridine rings is 2. The molecule has 0 unspecified atom stereocenters. The van der Waals surface area contributed by atoms with Gasteiger partial charge in [-0.3, -0.25) is 14.5 Å². The Hall–Kier alpha value is -3.30. The molecule has 9 heteroatoms. The number of hydrogen-bond acceptors (Lipinski definition) is 7. The first kappa shape index (κ1) is 19.7. The van der Waals surface area contributed by atoms with Crippen molar-refractivity contribution in [2.45, 2.75) is 12.6 Å². The first-order valence-corrected chi connectivity index (χ1v) is 10.4. The standard InChI is InChI=1S/C22H26N8O/c1-27-8-9-29(13-16-10-24-28(2)12-16)15-20(27)22-19-6-4-18(14-30(19)26-25-22)17-5-7-21(31-3)23-11-17/h4-7,10-12,14,20H,8-9,13,15H2,1-3H3/t20-/m0/s1. The Labute approximate surface area is 180 Å². The van der Waals surface area contributed by atoms with E-state index in [1.807, 2.05) is 47.0 Å². The molecular weight excluding hydrogens is 392 g/mol. The molecule has 0 aromatic carbocycles. The highest BCUT2D eigenvalue weighted by Crippen LogP contribution is 2.28. The van der Waals surface area contributed by atoms with Crippen LogP contribution in [0, 0.1) is 0 Å². The minimum atomic E-state index is 0.191. The number of methoxy groups -OCH3 is 1. The van der Waals surface area contributed by atoms with Gasteiger partial charge in [-0.15, -0.1) is 5.10 Å². The molecule has 0 spiro atoms. The van der Waals surface area contributed by atoms with Crippen LogP contribution in [-0.2, 0) is 13.6 Å². The van der Waals surface area contributed by atoms with Crippen molar-refractivity contribution in [3.8, 4) is 17.0 Å². The Morgan fingerprint density at radius 3 is 2.65 bits per heavy atom. The summed E-state index contributed by atoms with van der Waals surface area (Å²) in [6.07, 6.45) is 7.83. The van der Waals surface area contributed by atoms with E-state index >= 15 is 0 Å². The molecule has 31 heavy (non-hydrogen) atoms. The predicted octanol–water partition coefficient (Wildman–Crippen LogP) is 2.02. The normalized spacial score (nSPS) is 18.0. The van der Waals surface area contributed by atoms with Crippen molar-refractivity contribution in [1.82, 2.24) is 39.4 Å². The Balaban J connectivity index is 1.39. The zero-order valence-electron chi connectivity index (χ0n) is 18.0. The van der Waals surface area contributed by atoms with Crippen LogP contribution in [0.25, 0.3) is 16.6 Å². The molecule has 5 heterocycles. The maximum absolute atomic E-state index is 5.15. The Kier molecular flexibility index (Phi) is 5.13. The second kappa shape index (κ2) is 8.09. The highest BCUT2D eigenvalue weighted by atomic mass is 16.5. The lowest BCUT2D eigenvalue weighted by Gasteiger charge is -2.38. The van der Waals surface area contributed by atoms with Gasteiger partial charge in [-0.1, -0.05) is 11.3 Å². The molecule has 0 saturated carbocycles. The van der Waals surface area contributed by atoms with Crippen LogP contribution in [0.2, 0.25) is 0 Å². The van der Waals surface area contributed by atoms with Crippen LogP contribution in [0.15, 0.2) is 49.1 Å². The zero-order valence-corrected chi connectivity index (χ0v) is 18.0. The molecule has 160 valence electrons. The summed E-state index contributed by atoms with van der Waals surface area (Å²) in [4.78, 5) is 9.13. The SMILES string of the molecule is COc1ccc(-c2ccc3c([C@@H]4CN(Cc5cnn(C)c5)CCN4C)nnn3c2)cn1. The van der Waals surface area contributed by atoms with E-state index in [0.717, 1.165) is 48.5 Å². The third-order valence-electron chi connectivity index (χ3n) is 5.93. The third kappa shape index (κ3) is 3.89. The molecule has 1 aliphatic heterocycles. The van der Waals surface area contributed by atoms with Gasteiger partial charge in [-0.25, -0.2) is 9.50 Å². The monoisotopic (exact) mass is 418 g/mol. The third-order valence-corrected chi connectivity index (χ3v) is 5.93. The van der Waals surface area contributed by atoms with Gasteiger partial charge in [-0.2, -0.15) is 5.10 Å². The number of rotatable bonds is 5. The average Bonchev–Trinajstić information content (AvgIpc) is 3.40. The molecule has 0 aliphatic carbocycles. The molecule has 1 atom stereocenters. The second-order valence-electron chi connectivity index (χ2n) is 8.07. The van der Waals surface area contributed by atoms with E-state index in [2.05, 4.69) is 55.6 Å². The molecule has 1 aliphatic rings. The summed E-state index contributed by atoms with van der Waals surface area (Å²) in [5.74, 6) is 0.601. The minimum Gasteiger partial charge on any atom is -0.481 e. The molecule has 0 amide bonds. The van der Waals surface area contributed by atoms with E-state index in [1.54, 1.807) is 7.11 Å². The Morgan fingerprint density at radius 1 is 1.03 bits per heavy atom. The molecule has 0 radical (unpaired) electrons. The lowest BCUT2D eigenvalue weighted by Crippen LogP contribution is -2.46. The molecular formula is C22H26N8O. The fourth-order valence-electron chi connectivity index (χ4n) is 4.17. The predicted molar refractivity (Wildman–Crippen MR) is 117 cm³/mol. The minimum absolute atomic E-state index is 0.191. The summed E-state index contributed by atoms with van der Waals surface area (Å²) >= 11 is 0. The maximum atomic E-state index is 5.15. The lowest BCUT2D eigenvalue weighted by molar-refractivity contribution is 0.0889. The van der Waals surface area contributed by atoms with Crippen molar-refractivity contribution >= 4 is 5.52 Å². The molecule has 0 N–H and O–H groups in total. The van der Waals surface area contributed by atoms with Gasteiger partial charge in [-0.05, 0) is 19.2 Å². The number of fused-ring (bicyclic) bond motifs is 1. The van der Waals surface area contributed by atoms with Crippen LogP contribution in [0.1, 0.15) is 17.3 Å². The number of piperazine rings is 1. The summed E-state index contributed by atoms with van der Waals surface area (Å²) in [5.41, 5.74) is 5.32. The summed E-state index contributed by atoms with van der Waals surface area (Å²) in [7, 11) is 5.73. The van der Waals surface area contributed by atoms with E-state index in [1.165, 1.54) is 5.56 Å². The van der Waals surface area contributed by atoms with Crippen LogP contribution in [0.4, 0.5) is 0 Å².